The molecular weight excluding hydrogens is 659 g/mol. The Kier molecular flexibility index (Phi) is 8.22. The molecule has 1 nitrogen and oxygen atoms in total. The molecule has 1 fully saturated rings. The largest absolute Gasteiger partial charge is 0.309 e. The number of allylic oxidation sites excluding steroid dienone is 1. The Morgan fingerprint density at radius 3 is 2.19 bits per heavy atom. The van der Waals surface area contributed by atoms with E-state index < -0.39 is 0 Å². The molecular formula is C51H43NS. The van der Waals surface area contributed by atoms with Crippen molar-refractivity contribution in [3.63, 3.8) is 0 Å². The van der Waals surface area contributed by atoms with Crippen LogP contribution in [0.1, 0.15) is 74.0 Å². The zero-order valence-corrected chi connectivity index (χ0v) is 31.1. The van der Waals surface area contributed by atoms with Gasteiger partial charge in [-0.2, -0.15) is 0 Å². The van der Waals surface area contributed by atoms with Gasteiger partial charge in [-0.3, -0.25) is 0 Å². The molecule has 2 heteroatoms. The van der Waals surface area contributed by atoms with Gasteiger partial charge < -0.3 is 4.90 Å². The third-order valence-electron chi connectivity index (χ3n) is 11.9. The van der Waals surface area contributed by atoms with Gasteiger partial charge in [-0.05, 0) is 106 Å². The molecule has 8 aromatic rings. The van der Waals surface area contributed by atoms with Crippen LogP contribution in [0.4, 0.5) is 17.1 Å². The molecule has 0 amide bonds. The zero-order chi connectivity index (χ0) is 35.3. The predicted molar refractivity (Wildman–Crippen MR) is 230 cm³/mol. The van der Waals surface area contributed by atoms with Gasteiger partial charge in [-0.15, -0.1) is 11.3 Å². The minimum atomic E-state index is 0.471. The van der Waals surface area contributed by atoms with Crippen molar-refractivity contribution in [3.05, 3.63) is 168 Å². The van der Waals surface area contributed by atoms with Gasteiger partial charge in [0.2, 0.25) is 0 Å². The van der Waals surface area contributed by atoms with Crippen LogP contribution in [0.2, 0.25) is 0 Å². The molecule has 0 saturated heterocycles. The van der Waals surface area contributed by atoms with Crippen LogP contribution < -0.4 is 4.90 Å². The standard InChI is InChI=1S/C51H43NS/c1-34-15-9-27-42-39(34)24-13-30-47(42)52(38-21-10-20-37(33-38)41-26-14-32-49-51(41)45-23-6-8-31-48(45)53-49)46-29-7-5-22-43(46)44-28-12-19-36-18-11-25-40(50(36)44)35-16-3-2-4-17-35/h5-14,18-35H,2-4,15-17H2,1H3. The molecule has 0 bridgehead atoms. The Labute approximate surface area is 316 Å². The molecule has 2 aliphatic carbocycles. The fourth-order valence-electron chi connectivity index (χ4n) is 9.37. The SMILES string of the molecule is CC1CC=Cc2c1cccc2N(c1cccc(-c2cccc3sc4ccccc4c23)c1)c1ccccc1-c1cccc2cccc(C3CCCCC3)c12. The smallest absolute Gasteiger partial charge is 0.0540 e. The summed E-state index contributed by atoms with van der Waals surface area (Å²) in [5.74, 6) is 1.08. The molecule has 10 rings (SSSR count). The molecule has 53 heavy (non-hydrogen) atoms. The van der Waals surface area contributed by atoms with Crippen LogP contribution >= 0.6 is 11.3 Å². The lowest BCUT2D eigenvalue weighted by atomic mass is 9.80. The molecule has 0 radical (unpaired) electrons. The minimum Gasteiger partial charge on any atom is -0.309 e. The van der Waals surface area contributed by atoms with Crippen molar-refractivity contribution in [2.75, 3.05) is 4.90 Å². The van der Waals surface area contributed by atoms with Crippen LogP contribution in [0.25, 0.3) is 59.3 Å². The van der Waals surface area contributed by atoms with E-state index in [-0.39, 0.29) is 0 Å². The maximum absolute atomic E-state index is 2.55. The number of rotatable bonds is 6. The fraction of sp³-hybridized carbons (Fsp3) is 0.176. The van der Waals surface area contributed by atoms with E-state index in [1.807, 2.05) is 11.3 Å². The number of nitrogens with zero attached hydrogens (tertiary/aromatic N) is 1. The molecule has 0 N–H and O–H groups in total. The van der Waals surface area contributed by atoms with Crippen LogP contribution in [0.15, 0.2) is 152 Å². The molecule has 2 aliphatic rings. The monoisotopic (exact) mass is 701 g/mol. The van der Waals surface area contributed by atoms with E-state index in [0.29, 0.717) is 11.8 Å². The topological polar surface area (TPSA) is 3.24 Å². The van der Waals surface area contributed by atoms with Crippen LogP contribution in [0, 0.1) is 0 Å². The number of hydrogen-bond donors (Lipinski definition) is 0. The van der Waals surface area contributed by atoms with Crippen molar-refractivity contribution < 1.29 is 0 Å². The number of benzene rings is 7. The van der Waals surface area contributed by atoms with Crippen LogP contribution in [0.5, 0.6) is 0 Å². The second kappa shape index (κ2) is 13.5. The summed E-state index contributed by atoms with van der Waals surface area (Å²) in [4.78, 5) is 2.55. The lowest BCUT2D eigenvalue weighted by Crippen LogP contribution is -2.15. The number of fused-ring (bicyclic) bond motifs is 5. The molecule has 1 unspecified atom stereocenters. The third-order valence-corrected chi connectivity index (χ3v) is 13.0. The van der Waals surface area contributed by atoms with E-state index in [2.05, 4.69) is 170 Å². The van der Waals surface area contributed by atoms with E-state index in [1.54, 1.807) is 0 Å². The van der Waals surface area contributed by atoms with Crippen LogP contribution in [0.3, 0.4) is 0 Å². The Morgan fingerprint density at radius 2 is 1.26 bits per heavy atom. The predicted octanol–water partition coefficient (Wildman–Crippen LogP) is 15.6. The average molecular weight is 702 g/mol. The van der Waals surface area contributed by atoms with Crippen molar-refractivity contribution in [2.24, 2.45) is 0 Å². The molecule has 0 aliphatic heterocycles. The first-order valence-corrected chi connectivity index (χ1v) is 20.3. The summed E-state index contributed by atoms with van der Waals surface area (Å²) < 4.78 is 2.67. The number of para-hydroxylation sites is 1. The van der Waals surface area contributed by atoms with Gasteiger partial charge in [0.05, 0.1) is 11.4 Å². The molecule has 1 heterocycles. The summed E-state index contributed by atoms with van der Waals surface area (Å²) in [5, 5.41) is 5.43. The summed E-state index contributed by atoms with van der Waals surface area (Å²) in [6.07, 6.45) is 12.4. The van der Waals surface area contributed by atoms with E-state index in [0.717, 1.165) is 6.42 Å². The van der Waals surface area contributed by atoms with Crippen LogP contribution in [-0.4, -0.2) is 0 Å². The fourth-order valence-corrected chi connectivity index (χ4v) is 10.5. The number of anilines is 3. The molecule has 258 valence electrons. The van der Waals surface area contributed by atoms with Crippen molar-refractivity contribution >= 4 is 65.4 Å². The van der Waals surface area contributed by atoms with Gasteiger partial charge in [-0.1, -0.05) is 148 Å². The highest BCUT2D eigenvalue weighted by Crippen LogP contribution is 2.49. The first-order valence-electron chi connectivity index (χ1n) is 19.4. The van der Waals surface area contributed by atoms with E-state index >= 15 is 0 Å². The van der Waals surface area contributed by atoms with Gasteiger partial charge in [0, 0.05) is 37.0 Å². The Balaban J connectivity index is 1.22. The van der Waals surface area contributed by atoms with E-state index in [4.69, 9.17) is 0 Å². The summed E-state index contributed by atoms with van der Waals surface area (Å²) >= 11 is 1.88. The highest BCUT2D eigenvalue weighted by Gasteiger charge is 2.26. The van der Waals surface area contributed by atoms with Gasteiger partial charge in [0.15, 0.2) is 0 Å². The quantitative estimate of drug-likeness (QED) is 0.167. The third kappa shape index (κ3) is 5.59. The second-order valence-corrected chi connectivity index (χ2v) is 16.2. The highest BCUT2D eigenvalue weighted by molar-refractivity contribution is 7.25. The van der Waals surface area contributed by atoms with Crippen molar-refractivity contribution in [1.82, 2.24) is 0 Å². The summed E-state index contributed by atoms with van der Waals surface area (Å²) in [5.41, 5.74) is 13.0. The normalized spacial score (nSPS) is 16.0. The molecule has 0 spiro atoms. The lowest BCUT2D eigenvalue weighted by Gasteiger charge is -2.32. The first kappa shape index (κ1) is 32.2. The Morgan fingerprint density at radius 1 is 0.566 bits per heavy atom. The highest BCUT2D eigenvalue weighted by atomic mass is 32.1. The summed E-state index contributed by atoms with van der Waals surface area (Å²) in [6, 6.07) is 54.9. The van der Waals surface area contributed by atoms with Crippen molar-refractivity contribution in [3.8, 4) is 22.3 Å². The maximum Gasteiger partial charge on any atom is 0.0540 e. The van der Waals surface area contributed by atoms with Crippen LogP contribution in [-0.2, 0) is 0 Å². The molecule has 1 atom stereocenters. The van der Waals surface area contributed by atoms with E-state index in [1.165, 1.54) is 119 Å². The summed E-state index contributed by atoms with van der Waals surface area (Å²) in [7, 11) is 0. The molecule has 1 saturated carbocycles. The second-order valence-electron chi connectivity index (χ2n) is 15.1. The van der Waals surface area contributed by atoms with Gasteiger partial charge in [0.25, 0.3) is 0 Å². The van der Waals surface area contributed by atoms with Gasteiger partial charge in [-0.25, -0.2) is 0 Å². The van der Waals surface area contributed by atoms with Gasteiger partial charge >= 0.3 is 0 Å². The van der Waals surface area contributed by atoms with Crippen molar-refractivity contribution in [2.45, 2.75) is 57.3 Å². The lowest BCUT2D eigenvalue weighted by molar-refractivity contribution is 0.445. The number of hydrogen-bond acceptors (Lipinski definition) is 2. The molecule has 7 aromatic carbocycles. The zero-order valence-electron chi connectivity index (χ0n) is 30.3. The molecule has 1 aromatic heterocycles. The Bertz CT molecular complexity index is 2670. The minimum absolute atomic E-state index is 0.471. The van der Waals surface area contributed by atoms with Gasteiger partial charge in [0.1, 0.15) is 0 Å². The van der Waals surface area contributed by atoms with E-state index in [9.17, 15) is 0 Å². The summed E-state index contributed by atoms with van der Waals surface area (Å²) in [6.45, 7) is 2.36. The first-order chi connectivity index (χ1) is 26.2. The Hall–Kier alpha value is -5.44. The van der Waals surface area contributed by atoms with Crippen molar-refractivity contribution in [1.29, 1.82) is 0 Å². The average Bonchev–Trinajstić information content (AvgIpc) is 3.61. The maximum atomic E-state index is 2.55. The number of thiophene rings is 1.